The van der Waals surface area contributed by atoms with Crippen LogP contribution in [0.2, 0.25) is 0 Å². The molecule has 3 heteroatoms. The molecule has 1 N–H and O–H groups in total. The van der Waals surface area contributed by atoms with Gasteiger partial charge in [0.25, 0.3) is 0 Å². The lowest BCUT2D eigenvalue weighted by molar-refractivity contribution is 0.0458. The van der Waals surface area contributed by atoms with E-state index in [1.54, 1.807) is 0 Å². The fraction of sp³-hybridized carbons (Fsp3) is 0.667. The Morgan fingerprint density at radius 3 is 2.52 bits per heavy atom. The second kappa shape index (κ2) is 6.91. The summed E-state index contributed by atoms with van der Waals surface area (Å²) in [7, 11) is 2.25. The number of piperazine rings is 1. The van der Waals surface area contributed by atoms with Gasteiger partial charge in [0.2, 0.25) is 0 Å². The number of hydrogen-bond donors (Lipinski definition) is 1. The van der Waals surface area contributed by atoms with E-state index in [2.05, 4.69) is 59.4 Å². The molecule has 2 heterocycles. The minimum absolute atomic E-state index is 0.544. The molecule has 2 aliphatic rings. The maximum Gasteiger partial charge on any atom is 0.0476 e. The Morgan fingerprint density at radius 2 is 1.86 bits per heavy atom. The second-order valence-electron chi connectivity index (χ2n) is 6.67. The van der Waals surface area contributed by atoms with Gasteiger partial charge in [-0.15, -0.1) is 0 Å². The predicted molar refractivity (Wildman–Crippen MR) is 88.5 cm³/mol. The van der Waals surface area contributed by atoms with Crippen LogP contribution in [-0.4, -0.2) is 55.1 Å². The van der Waals surface area contributed by atoms with Crippen LogP contribution in [0.1, 0.15) is 37.8 Å². The van der Waals surface area contributed by atoms with Crippen LogP contribution in [-0.2, 0) is 0 Å². The molecule has 2 unspecified atom stereocenters. The van der Waals surface area contributed by atoms with Crippen molar-refractivity contribution in [2.75, 3.05) is 33.2 Å². The van der Waals surface area contributed by atoms with Crippen molar-refractivity contribution < 1.29 is 0 Å². The van der Waals surface area contributed by atoms with Gasteiger partial charge in [0.1, 0.15) is 0 Å². The molecule has 0 amide bonds. The first kappa shape index (κ1) is 15.0. The summed E-state index contributed by atoms with van der Waals surface area (Å²) in [5.74, 6) is 0. The zero-order chi connectivity index (χ0) is 14.7. The summed E-state index contributed by atoms with van der Waals surface area (Å²) in [4.78, 5) is 5.26. The summed E-state index contributed by atoms with van der Waals surface area (Å²) in [6, 6.07) is 13.0. The smallest absolute Gasteiger partial charge is 0.0476 e. The van der Waals surface area contributed by atoms with Crippen LogP contribution in [0.15, 0.2) is 30.3 Å². The molecule has 0 bridgehead atoms. The third-order valence-electron chi connectivity index (χ3n) is 5.27. The van der Waals surface area contributed by atoms with E-state index in [1.807, 2.05) is 0 Å². The lowest BCUT2D eigenvalue weighted by Crippen LogP contribution is -2.57. The molecular formula is C18H29N3. The zero-order valence-corrected chi connectivity index (χ0v) is 13.5. The van der Waals surface area contributed by atoms with E-state index in [0.717, 1.165) is 12.6 Å². The predicted octanol–water partition coefficient (Wildman–Crippen LogP) is 2.51. The SMILES string of the molecule is CCC1CN(C2CCN(C)CC2)C(c2ccccc2)CN1. The largest absolute Gasteiger partial charge is 0.311 e. The number of hydrogen-bond acceptors (Lipinski definition) is 3. The molecule has 0 aromatic heterocycles. The summed E-state index contributed by atoms with van der Waals surface area (Å²) in [6.07, 6.45) is 3.86. The standard InChI is InChI=1S/C18H29N3/c1-3-16-14-21(17-9-11-20(2)12-10-17)18(13-19-16)15-7-5-4-6-8-15/h4-8,16-19H,3,9-14H2,1-2H3. The van der Waals surface area contributed by atoms with Gasteiger partial charge in [0.05, 0.1) is 0 Å². The minimum Gasteiger partial charge on any atom is -0.311 e. The minimum atomic E-state index is 0.544. The molecule has 2 fully saturated rings. The van der Waals surface area contributed by atoms with Crippen LogP contribution in [0, 0.1) is 0 Å². The Bertz CT molecular complexity index is 425. The van der Waals surface area contributed by atoms with Gasteiger partial charge in [-0.1, -0.05) is 37.3 Å². The lowest BCUT2D eigenvalue weighted by atomic mass is 9.94. The molecule has 2 saturated heterocycles. The average Bonchev–Trinajstić information content (AvgIpc) is 2.56. The van der Waals surface area contributed by atoms with Crippen LogP contribution in [0.3, 0.4) is 0 Å². The molecule has 2 atom stereocenters. The van der Waals surface area contributed by atoms with Crippen molar-refractivity contribution >= 4 is 0 Å². The molecule has 2 aliphatic heterocycles. The van der Waals surface area contributed by atoms with E-state index in [4.69, 9.17) is 0 Å². The van der Waals surface area contributed by atoms with Crippen LogP contribution < -0.4 is 5.32 Å². The quantitative estimate of drug-likeness (QED) is 0.921. The average molecular weight is 287 g/mol. The molecule has 116 valence electrons. The highest BCUT2D eigenvalue weighted by Gasteiger charge is 2.34. The van der Waals surface area contributed by atoms with Crippen molar-refractivity contribution in [1.29, 1.82) is 0 Å². The van der Waals surface area contributed by atoms with Gasteiger partial charge in [-0.3, -0.25) is 4.90 Å². The first-order chi connectivity index (χ1) is 10.3. The molecule has 21 heavy (non-hydrogen) atoms. The van der Waals surface area contributed by atoms with Crippen LogP contribution >= 0.6 is 0 Å². The maximum absolute atomic E-state index is 3.74. The molecule has 3 rings (SSSR count). The van der Waals surface area contributed by atoms with E-state index < -0.39 is 0 Å². The molecule has 1 aromatic rings. The number of piperidine rings is 1. The molecule has 0 spiro atoms. The van der Waals surface area contributed by atoms with Gasteiger partial charge in [-0.25, -0.2) is 0 Å². The molecule has 0 saturated carbocycles. The van der Waals surface area contributed by atoms with Crippen LogP contribution in [0.4, 0.5) is 0 Å². The number of nitrogens with zero attached hydrogens (tertiary/aromatic N) is 2. The fourth-order valence-electron chi connectivity index (χ4n) is 3.83. The Hall–Kier alpha value is -0.900. The van der Waals surface area contributed by atoms with E-state index in [9.17, 15) is 0 Å². The highest BCUT2D eigenvalue weighted by Crippen LogP contribution is 2.30. The highest BCUT2D eigenvalue weighted by molar-refractivity contribution is 5.20. The summed E-state index contributed by atoms with van der Waals surface area (Å²) in [5.41, 5.74) is 1.47. The Labute approximate surface area is 129 Å². The lowest BCUT2D eigenvalue weighted by Gasteiger charge is -2.47. The van der Waals surface area contributed by atoms with E-state index in [1.165, 1.54) is 44.5 Å². The van der Waals surface area contributed by atoms with Crippen molar-refractivity contribution in [3.05, 3.63) is 35.9 Å². The van der Waals surface area contributed by atoms with Gasteiger partial charge >= 0.3 is 0 Å². The third-order valence-corrected chi connectivity index (χ3v) is 5.27. The normalized spacial score (nSPS) is 29.6. The summed E-state index contributed by atoms with van der Waals surface area (Å²) >= 11 is 0. The molecule has 3 nitrogen and oxygen atoms in total. The number of likely N-dealkylation sites (tertiary alicyclic amines) is 1. The summed E-state index contributed by atoms with van der Waals surface area (Å²) < 4.78 is 0. The van der Waals surface area contributed by atoms with Crippen molar-refractivity contribution in [2.24, 2.45) is 0 Å². The second-order valence-corrected chi connectivity index (χ2v) is 6.67. The first-order valence-electron chi connectivity index (χ1n) is 8.50. The Kier molecular flexibility index (Phi) is 4.94. The van der Waals surface area contributed by atoms with Gasteiger partial charge < -0.3 is 10.2 Å². The van der Waals surface area contributed by atoms with Crippen LogP contribution in [0.25, 0.3) is 0 Å². The van der Waals surface area contributed by atoms with Gasteiger partial charge in [0, 0.05) is 31.2 Å². The Balaban J connectivity index is 1.77. The van der Waals surface area contributed by atoms with E-state index >= 15 is 0 Å². The number of nitrogens with one attached hydrogen (secondary N) is 1. The highest BCUT2D eigenvalue weighted by atomic mass is 15.3. The van der Waals surface area contributed by atoms with Crippen molar-refractivity contribution in [1.82, 2.24) is 15.1 Å². The zero-order valence-electron chi connectivity index (χ0n) is 13.5. The summed E-state index contributed by atoms with van der Waals surface area (Å²) in [6.45, 7) is 7.08. The van der Waals surface area contributed by atoms with Gasteiger partial charge in [0.15, 0.2) is 0 Å². The van der Waals surface area contributed by atoms with Gasteiger partial charge in [-0.2, -0.15) is 0 Å². The van der Waals surface area contributed by atoms with Crippen LogP contribution in [0.5, 0.6) is 0 Å². The van der Waals surface area contributed by atoms with Crippen molar-refractivity contribution in [3.8, 4) is 0 Å². The fourth-order valence-corrected chi connectivity index (χ4v) is 3.83. The molecular weight excluding hydrogens is 258 g/mol. The third kappa shape index (κ3) is 3.47. The number of rotatable bonds is 3. The number of benzene rings is 1. The monoisotopic (exact) mass is 287 g/mol. The molecule has 0 radical (unpaired) electrons. The topological polar surface area (TPSA) is 18.5 Å². The summed E-state index contributed by atoms with van der Waals surface area (Å²) in [5, 5.41) is 3.74. The molecule has 0 aliphatic carbocycles. The first-order valence-corrected chi connectivity index (χ1v) is 8.50. The van der Waals surface area contributed by atoms with Crippen molar-refractivity contribution in [2.45, 2.75) is 44.3 Å². The van der Waals surface area contributed by atoms with Crippen molar-refractivity contribution in [3.63, 3.8) is 0 Å². The van der Waals surface area contributed by atoms with E-state index in [0.29, 0.717) is 12.1 Å². The van der Waals surface area contributed by atoms with Gasteiger partial charge in [-0.05, 0) is 45.0 Å². The Morgan fingerprint density at radius 1 is 1.14 bits per heavy atom. The van der Waals surface area contributed by atoms with E-state index in [-0.39, 0.29) is 0 Å². The maximum atomic E-state index is 3.74. The molecule has 1 aromatic carbocycles.